The van der Waals surface area contributed by atoms with Crippen molar-refractivity contribution in [3.63, 3.8) is 0 Å². The number of carboxylic acid groups (broad SMARTS) is 2. The molecule has 0 unspecified atom stereocenters. The van der Waals surface area contributed by atoms with E-state index in [2.05, 4.69) is 30.7 Å². The second-order valence-electron chi connectivity index (χ2n) is 27.4. The molecule has 3 aliphatic heterocycles. The Balaban J connectivity index is 0.000000151. The molecule has 0 radical (unpaired) electrons. The van der Waals surface area contributed by atoms with Gasteiger partial charge < -0.3 is 50.8 Å². The van der Waals surface area contributed by atoms with Crippen LogP contribution in [0, 0.1) is 20.8 Å². The van der Waals surface area contributed by atoms with Crippen molar-refractivity contribution in [2.75, 3.05) is 48.6 Å². The standard InChI is InChI=1S/C26H25F3N4O3.C25H23F3N4O3.C15H14F3N3O2.C11H13NO2.ClH/c1-16-21(22(34)30-25(11-12-25)19-9-5-18(6-10-19)24(35)36-2)23-32(13-14-33(23)31-16)15-17-3-7-20(8-4-17)26(27,28)29;1-15-20(21(33)29-24(10-11-24)18-8-4-17(5-9-18)23(34)35)22-31(12-13-32(22)30-15)14-16-2-6-19(7-3-16)25(26,27)28;1-9-12(14(22)23)13-20(6-7-21(13)19-9)8-10-2-4-11(5-3-10)15(16,17)18;1-14-10(13)8-2-4-9(5-3-8)11(12)6-7-11;/h3-10H,11-15H2,1-2H3,(H,30,34);2-9H,10-14H2,1H3,(H,29,33)(H,34,35);2-5H,6-8H2,1H3,(H,22,23);2-5H,6-7,12H2,1H3;1H. The van der Waals surface area contributed by atoms with Gasteiger partial charge in [0.15, 0.2) is 0 Å². The zero-order valence-corrected chi connectivity index (χ0v) is 60.4. The van der Waals surface area contributed by atoms with E-state index in [0.29, 0.717) is 132 Å². The van der Waals surface area contributed by atoms with Gasteiger partial charge in [0.25, 0.3) is 11.8 Å². The van der Waals surface area contributed by atoms with Gasteiger partial charge in [-0.2, -0.15) is 54.8 Å². The number of halogens is 10. The van der Waals surface area contributed by atoms with Crippen LogP contribution in [0.5, 0.6) is 0 Å². The molecule has 6 aromatic carbocycles. The minimum absolute atomic E-state index is 0. The van der Waals surface area contributed by atoms with E-state index in [1.165, 1.54) is 62.8 Å². The molecule has 6 aliphatic rings. The molecule has 15 rings (SSSR count). The lowest BCUT2D eigenvalue weighted by Crippen LogP contribution is -2.36. The Labute approximate surface area is 625 Å². The summed E-state index contributed by atoms with van der Waals surface area (Å²) in [6.07, 6.45) is -8.05. The van der Waals surface area contributed by atoms with Crippen LogP contribution in [0.2, 0.25) is 0 Å². The van der Waals surface area contributed by atoms with Crippen molar-refractivity contribution >= 4 is 65.6 Å². The molecule has 32 heteroatoms. The summed E-state index contributed by atoms with van der Waals surface area (Å²) in [4.78, 5) is 78.1. The molecule has 3 fully saturated rings. The SMILES string of the molecule is COC(=O)c1ccc(C2(N)CC2)cc1.COC(=O)c1ccc(C2(NC(=O)c3c(C)nn4c3N(Cc3ccc(C(F)(F)F)cc3)CC4)CC2)cc1.Cc1nn2c(c1C(=O)NC1(c3ccc(C(=O)O)cc3)CC1)N(Cc1ccc(C(F)(F)F)cc1)CC2.Cc1nn2c(c1C(=O)O)N(Cc1ccc(C(F)(F)F)cc1)CC2.Cl. The highest BCUT2D eigenvalue weighted by molar-refractivity contribution is 6.02. The molecule has 0 spiro atoms. The molecule has 0 bridgehead atoms. The predicted molar refractivity (Wildman–Crippen MR) is 383 cm³/mol. The van der Waals surface area contributed by atoms with E-state index >= 15 is 0 Å². The number of carbonyl (C=O) groups excluding carboxylic acids is 4. The van der Waals surface area contributed by atoms with E-state index in [1.807, 2.05) is 39.0 Å². The van der Waals surface area contributed by atoms with Gasteiger partial charge in [-0.3, -0.25) is 9.59 Å². The summed E-state index contributed by atoms with van der Waals surface area (Å²) in [6, 6.07) is 35.8. The number of nitrogens with two attached hydrogens (primary N) is 1. The number of nitrogens with zero attached hydrogens (tertiary/aromatic N) is 9. The number of methoxy groups -OCH3 is 2. The number of alkyl halides is 9. The average molecular weight is 1540 g/mol. The van der Waals surface area contributed by atoms with Crippen LogP contribution in [-0.4, -0.2) is 109 Å². The number of rotatable bonds is 17. The quantitative estimate of drug-likeness (QED) is 0.0418. The Morgan fingerprint density at radius 2 is 0.697 bits per heavy atom. The Morgan fingerprint density at radius 3 is 0.963 bits per heavy atom. The molecule has 6 heterocycles. The minimum atomic E-state index is -4.39. The number of fused-ring (bicyclic) bond motifs is 3. The zero-order valence-electron chi connectivity index (χ0n) is 59.5. The van der Waals surface area contributed by atoms with Gasteiger partial charge in [-0.15, -0.1) is 12.4 Å². The number of aromatic nitrogens is 6. The minimum Gasteiger partial charge on any atom is -0.478 e. The monoisotopic (exact) mass is 1530 g/mol. The maximum atomic E-state index is 13.5. The molecule has 9 aromatic rings. The Kier molecular flexibility index (Phi) is 22.3. The fourth-order valence-electron chi connectivity index (χ4n) is 13.6. The molecular weight excluding hydrogens is 1460 g/mol. The number of esters is 2. The van der Waals surface area contributed by atoms with Crippen molar-refractivity contribution in [2.45, 2.75) is 134 Å². The van der Waals surface area contributed by atoms with Crippen molar-refractivity contribution < 1.29 is 88.0 Å². The van der Waals surface area contributed by atoms with Crippen LogP contribution in [0.1, 0.15) is 168 Å². The van der Waals surface area contributed by atoms with E-state index < -0.39 is 64.2 Å². The summed E-state index contributed by atoms with van der Waals surface area (Å²) >= 11 is 0. The molecule has 574 valence electrons. The van der Waals surface area contributed by atoms with Gasteiger partial charge in [-0.1, -0.05) is 72.8 Å². The van der Waals surface area contributed by atoms with Gasteiger partial charge in [-0.25, -0.2) is 33.2 Å². The van der Waals surface area contributed by atoms with Crippen molar-refractivity contribution in [1.29, 1.82) is 0 Å². The Morgan fingerprint density at radius 1 is 0.413 bits per heavy atom. The van der Waals surface area contributed by atoms with Crippen LogP contribution in [0.3, 0.4) is 0 Å². The summed E-state index contributed by atoms with van der Waals surface area (Å²) in [5, 5.41) is 38.0. The number of hydrogen-bond acceptors (Lipinski definition) is 15. The highest BCUT2D eigenvalue weighted by atomic mass is 35.5. The van der Waals surface area contributed by atoms with Crippen molar-refractivity contribution in [3.05, 3.63) is 246 Å². The van der Waals surface area contributed by atoms with Gasteiger partial charge in [0.05, 0.1) is 95.4 Å². The highest BCUT2D eigenvalue weighted by Gasteiger charge is 2.49. The maximum absolute atomic E-state index is 13.5. The van der Waals surface area contributed by atoms with Crippen molar-refractivity contribution in [2.24, 2.45) is 5.73 Å². The first kappa shape index (κ1) is 78.8. The first-order chi connectivity index (χ1) is 51.1. The number of aromatic carboxylic acids is 2. The Hall–Kier alpha value is -11.2. The number of anilines is 3. The van der Waals surface area contributed by atoms with Crippen LogP contribution < -0.4 is 31.1 Å². The molecule has 3 aliphatic carbocycles. The van der Waals surface area contributed by atoms with Crippen LogP contribution in [0.25, 0.3) is 0 Å². The third-order valence-corrected chi connectivity index (χ3v) is 20.0. The number of amides is 2. The van der Waals surface area contributed by atoms with Gasteiger partial charge in [0.2, 0.25) is 0 Å². The molecule has 3 aromatic heterocycles. The number of benzene rings is 6. The van der Waals surface area contributed by atoms with E-state index in [9.17, 15) is 73.4 Å². The topological polar surface area (TPSA) is 275 Å². The lowest BCUT2D eigenvalue weighted by molar-refractivity contribution is -0.138. The first-order valence-electron chi connectivity index (χ1n) is 34.5. The highest BCUT2D eigenvalue weighted by Crippen LogP contribution is 2.48. The Bertz CT molecular complexity index is 4880. The van der Waals surface area contributed by atoms with Crippen LogP contribution in [0.4, 0.5) is 57.0 Å². The van der Waals surface area contributed by atoms with Crippen LogP contribution >= 0.6 is 12.4 Å². The molecule has 22 nitrogen and oxygen atoms in total. The lowest BCUT2D eigenvalue weighted by atomic mass is 10.0. The smallest absolute Gasteiger partial charge is 0.416 e. The van der Waals surface area contributed by atoms with E-state index in [-0.39, 0.29) is 46.9 Å². The third-order valence-electron chi connectivity index (χ3n) is 20.0. The molecule has 6 N–H and O–H groups in total. The van der Waals surface area contributed by atoms with E-state index in [4.69, 9.17) is 15.6 Å². The predicted octanol–water partition coefficient (Wildman–Crippen LogP) is 13.6. The second-order valence-corrected chi connectivity index (χ2v) is 27.4. The van der Waals surface area contributed by atoms with Crippen LogP contribution in [0.15, 0.2) is 146 Å². The fourth-order valence-corrected chi connectivity index (χ4v) is 13.6. The lowest BCUT2D eigenvalue weighted by Gasteiger charge is -2.22. The zero-order chi connectivity index (χ0) is 77.6. The fraction of sp³-hybridized carbons (Fsp3) is 0.338. The maximum Gasteiger partial charge on any atom is 0.416 e. The molecule has 0 saturated heterocycles. The first-order valence-corrected chi connectivity index (χ1v) is 34.5. The van der Waals surface area contributed by atoms with Gasteiger partial charge in [0, 0.05) is 44.8 Å². The normalized spacial score (nSPS) is 15.7. The molecule has 2 amide bonds. The number of carbonyl (C=O) groups is 6. The summed E-state index contributed by atoms with van der Waals surface area (Å²) < 4.78 is 130. The van der Waals surface area contributed by atoms with Gasteiger partial charge >= 0.3 is 42.4 Å². The summed E-state index contributed by atoms with van der Waals surface area (Å²) in [7, 11) is 2.70. The van der Waals surface area contributed by atoms with Crippen molar-refractivity contribution in [1.82, 2.24) is 40.0 Å². The van der Waals surface area contributed by atoms with Crippen LogP contribution in [-0.2, 0) is 83.9 Å². The number of ether oxygens (including phenoxy) is 2. The van der Waals surface area contributed by atoms with Gasteiger partial charge in [0.1, 0.15) is 34.1 Å². The molecule has 3 saturated carbocycles. The number of hydrogen-bond donors (Lipinski definition) is 5. The van der Waals surface area contributed by atoms with Gasteiger partial charge in [-0.05, 0) is 165 Å². The van der Waals surface area contributed by atoms with E-state index in [0.717, 1.165) is 91.6 Å². The summed E-state index contributed by atoms with van der Waals surface area (Å²) in [6.45, 7) is 9.71. The molecule has 109 heavy (non-hydrogen) atoms. The summed E-state index contributed by atoms with van der Waals surface area (Å²) in [5.41, 5.74) is 11.5. The molecular formula is C77H76ClF9N12O10. The average Bonchev–Trinajstić information content (AvgIpc) is 1.62. The largest absolute Gasteiger partial charge is 0.478 e. The molecule has 0 atom stereocenters. The van der Waals surface area contributed by atoms with Crippen molar-refractivity contribution in [3.8, 4) is 0 Å². The number of aryl methyl sites for hydroxylation is 3. The summed E-state index contributed by atoms with van der Waals surface area (Å²) in [5.74, 6) is -1.49. The third kappa shape index (κ3) is 17.2. The van der Waals surface area contributed by atoms with E-state index in [1.54, 1.807) is 71.2 Å². The second kappa shape index (κ2) is 30.8. The number of carboxylic acids is 2. The number of nitrogens with one attached hydrogen (secondary N) is 2.